The Morgan fingerprint density at radius 3 is 1.25 bits per heavy atom. The van der Waals surface area contributed by atoms with Crippen LogP contribution in [0.5, 0.6) is 0 Å². The van der Waals surface area contributed by atoms with E-state index in [9.17, 15) is 38.4 Å². The van der Waals surface area contributed by atoms with Crippen LogP contribution in [0, 0.1) is 13.8 Å². The summed E-state index contributed by atoms with van der Waals surface area (Å²) in [6, 6.07) is 9.72. The van der Waals surface area contributed by atoms with Gasteiger partial charge in [-0.05, 0) is 49.2 Å². The van der Waals surface area contributed by atoms with Crippen molar-refractivity contribution in [2.24, 2.45) is 0 Å². The van der Waals surface area contributed by atoms with Gasteiger partial charge in [0.25, 0.3) is 23.6 Å². The molecule has 0 bridgehead atoms. The normalized spacial score (nSPS) is 13.8. The number of imide groups is 2. The van der Waals surface area contributed by atoms with Crippen LogP contribution in [0.4, 0.5) is 11.4 Å². The van der Waals surface area contributed by atoms with Gasteiger partial charge < -0.3 is 30.0 Å². The third-order valence-electron chi connectivity index (χ3n) is 7.66. The summed E-state index contributed by atoms with van der Waals surface area (Å²) in [6.45, 7) is 3.34. The third kappa shape index (κ3) is 8.90. The van der Waals surface area contributed by atoms with Crippen LogP contribution < -0.4 is 22.7 Å². The lowest BCUT2D eigenvalue weighted by Gasteiger charge is -2.13. The largest absolute Gasteiger partial charge is 0.425 e. The van der Waals surface area contributed by atoms with Gasteiger partial charge in [-0.2, -0.15) is 0 Å². The number of hydrogen-bond acceptors (Lipinski definition) is 17. The second-order valence-electron chi connectivity index (χ2n) is 11.1. The number of nitrogens with zero attached hydrogens (tertiary/aromatic N) is 2. The molecule has 0 saturated carbocycles. The van der Waals surface area contributed by atoms with Crippen LogP contribution in [0.15, 0.2) is 54.8 Å². The number of benzene rings is 2. The van der Waals surface area contributed by atoms with E-state index in [0.29, 0.717) is 54.6 Å². The smallest absolute Gasteiger partial charge is 0.422 e. The molecule has 0 radical (unpaired) electrons. The molecule has 0 unspecified atom stereocenters. The molecule has 4 N–H and O–H groups in total. The molecule has 2 aromatic carbocycles. The molecule has 20 heteroatoms. The number of carbonyl (C=O) groups excluding carboxylic acids is 6. The molecule has 52 heavy (non-hydrogen) atoms. The number of amides is 4. The summed E-state index contributed by atoms with van der Waals surface area (Å²) in [4.78, 5) is 104. The topological polar surface area (TPSA) is 291 Å². The Bertz CT molecular complexity index is 2210. The van der Waals surface area contributed by atoms with Gasteiger partial charge in [-0.1, -0.05) is 0 Å². The fourth-order valence-corrected chi connectivity index (χ4v) is 5.10. The standard InChI is InChI=1S/2C16H14N2O6.O3S/c2*1-8-10-3-2-9(17)6-12(10)23-16(22)11(8)7-15(21)24-18-13(19)4-5-14(18)20;1-4(2)3/h2*2-3,6H,4-5,7,17H2,1H3;. The highest BCUT2D eigenvalue weighted by Crippen LogP contribution is 2.24. The lowest BCUT2D eigenvalue weighted by atomic mass is 10.0. The summed E-state index contributed by atoms with van der Waals surface area (Å²) in [5.74, 6) is -4.08. The number of nitrogens with two attached hydrogens (primary N) is 2. The zero-order valence-corrected chi connectivity index (χ0v) is 28.1. The lowest BCUT2D eigenvalue weighted by Crippen LogP contribution is -2.33. The Morgan fingerprint density at radius 2 is 0.942 bits per heavy atom. The fourth-order valence-electron chi connectivity index (χ4n) is 5.10. The Kier molecular flexibility index (Phi) is 11.6. The first-order valence-electron chi connectivity index (χ1n) is 15.0. The van der Waals surface area contributed by atoms with E-state index >= 15 is 0 Å². The van der Waals surface area contributed by atoms with Crippen LogP contribution in [0.25, 0.3) is 21.9 Å². The van der Waals surface area contributed by atoms with Crippen molar-refractivity contribution < 1.29 is 59.9 Å². The molecule has 0 spiro atoms. The maximum absolute atomic E-state index is 12.1. The average Bonchev–Trinajstić information content (AvgIpc) is 3.55. The minimum Gasteiger partial charge on any atom is -0.422 e. The molecule has 2 aliphatic rings. The van der Waals surface area contributed by atoms with Gasteiger partial charge in [0.15, 0.2) is 0 Å². The number of anilines is 2. The van der Waals surface area contributed by atoms with Crippen LogP contribution in [0.3, 0.4) is 0 Å². The molecule has 19 nitrogen and oxygen atoms in total. The summed E-state index contributed by atoms with van der Waals surface area (Å²) < 4.78 is 35.7. The van der Waals surface area contributed by atoms with Crippen molar-refractivity contribution in [3.8, 4) is 0 Å². The molecule has 6 rings (SSSR count). The van der Waals surface area contributed by atoms with E-state index in [4.69, 9.17) is 42.6 Å². The molecule has 2 aliphatic heterocycles. The fraction of sp³-hybridized carbons (Fsp3) is 0.250. The van der Waals surface area contributed by atoms with Crippen LogP contribution in [0.2, 0.25) is 0 Å². The summed E-state index contributed by atoms with van der Waals surface area (Å²) in [5.41, 5.74) is 12.8. The molecule has 4 amide bonds. The number of fused-ring (bicyclic) bond motifs is 2. The van der Waals surface area contributed by atoms with E-state index in [1.807, 2.05) is 0 Å². The maximum atomic E-state index is 12.1. The molecule has 2 saturated heterocycles. The summed E-state index contributed by atoms with van der Waals surface area (Å²) in [7, 11) is -3.11. The van der Waals surface area contributed by atoms with Gasteiger partial charge >= 0.3 is 33.8 Å². The van der Waals surface area contributed by atoms with Crippen LogP contribution in [-0.2, 0) is 61.9 Å². The molecule has 2 aromatic heterocycles. The number of carbonyl (C=O) groups is 6. The van der Waals surface area contributed by atoms with Crippen molar-refractivity contribution in [3.63, 3.8) is 0 Å². The van der Waals surface area contributed by atoms with Crippen molar-refractivity contribution in [1.82, 2.24) is 10.1 Å². The molecular weight excluding hydrogens is 712 g/mol. The second-order valence-corrected chi connectivity index (χ2v) is 11.6. The molecular formula is C32H28N4O15S. The van der Waals surface area contributed by atoms with Crippen molar-refractivity contribution in [3.05, 3.63) is 79.5 Å². The van der Waals surface area contributed by atoms with Gasteiger partial charge in [-0.15, -0.1) is 22.8 Å². The second kappa shape index (κ2) is 15.9. The molecule has 4 aromatic rings. The van der Waals surface area contributed by atoms with E-state index in [0.717, 1.165) is 0 Å². The SMILES string of the molecule is Cc1c(CC(=O)ON2C(=O)CCC2=O)c(=O)oc2cc(N)ccc12.Cc1c(CC(=O)ON2C(=O)CCC2=O)c(=O)oc2cc(N)ccc12.O=S(=O)=O. The summed E-state index contributed by atoms with van der Waals surface area (Å²) in [5, 5.41) is 2.17. The number of nitrogen functional groups attached to an aromatic ring is 2. The van der Waals surface area contributed by atoms with Gasteiger partial charge in [0, 0.05) is 60.0 Å². The molecule has 0 aliphatic carbocycles. The first kappa shape index (κ1) is 38.1. The lowest BCUT2D eigenvalue weighted by molar-refractivity contribution is -0.197. The van der Waals surface area contributed by atoms with E-state index in [1.54, 1.807) is 38.1 Å². The van der Waals surface area contributed by atoms with Crippen molar-refractivity contribution in [2.45, 2.75) is 52.4 Å². The Labute approximate surface area is 292 Å². The zero-order valence-electron chi connectivity index (χ0n) is 27.3. The quantitative estimate of drug-likeness (QED) is 0.156. The first-order chi connectivity index (χ1) is 24.5. The molecule has 272 valence electrons. The number of hydroxylamine groups is 4. The number of rotatable bonds is 6. The summed E-state index contributed by atoms with van der Waals surface area (Å²) in [6.07, 6.45) is -0.804. The first-order valence-corrected chi connectivity index (χ1v) is 16.0. The monoisotopic (exact) mass is 740 g/mol. The highest BCUT2D eigenvalue weighted by molar-refractivity contribution is 7.59. The van der Waals surface area contributed by atoms with Gasteiger partial charge in [-0.3, -0.25) is 19.2 Å². The maximum Gasteiger partial charge on any atom is 0.425 e. The van der Waals surface area contributed by atoms with E-state index in [1.165, 1.54) is 12.1 Å². The Morgan fingerprint density at radius 1 is 0.635 bits per heavy atom. The van der Waals surface area contributed by atoms with E-state index in [2.05, 4.69) is 0 Å². The summed E-state index contributed by atoms with van der Waals surface area (Å²) >= 11 is 0. The van der Waals surface area contributed by atoms with Crippen molar-refractivity contribution >= 4 is 79.5 Å². The van der Waals surface area contributed by atoms with Crippen LogP contribution in [-0.4, -0.2) is 58.3 Å². The predicted molar refractivity (Wildman–Crippen MR) is 175 cm³/mol. The molecule has 0 atom stereocenters. The third-order valence-corrected chi connectivity index (χ3v) is 7.66. The number of aryl methyl sites for hydroxylation is 2. The average molecular weight is 741 g/mol. The van der Waals surface area contributed by atoms with Gasteiger partial charge in [0.2, 0.25) is 0 Å². The number of hydrogen-bond donors (Lipinski definition) is 2. The van der Waals surface area contributed by atoms with E-state index < -0.39 is 70.3 Å². The van der Waals surface area contributed by atoms with Gasteiger partial charge in [-0.25, -0.2) is 19.2 Å². The van der Waals surface area contributed by atoms with Gasteiger partial charge in [0.05, 0.1) is 24.0 Å². The Balaban J connectivity index is 0.000000211. The van der Waals surface area contributed by atoms with E-state index in [-0.39, 0.29) is 36.8 Å². The highest BCUT2D eigenvalue weighted by atomic mass is 32.2. The van der Waals surface area contributed by atoms with Gasteiger partial charge in [0.1, 0.15) is 11.2 Å². The highest BCUT2D eigenvalue weighted by Gasteiger charge is 2.34. The molecule has 2 fully saturated rings. The molecule has 4 heterocycles. The van der Waals surface area contributed by atoms with Crippen molar-refractivity contribution in [1.29, 1.82) is 0 Å². The minimum atomic E-state index is -3.11. The zero-order chi connectivity index (χ0) is 38.4. The predicted octanol–water partition coefficient (Wildman–Crippen LogP) is 0.663. The van der Waals surface area contributed by atoms with Crippen LogP contribution in [0.1, 0.15) is 47.9 Å². The van der Waals surface area contributed by atoms with Crippen LogP contribution >= 0.6 is 0 Å². The Hall–Kier alpha value is -6.70. The minimum absolute atomic E-state index is 0.00464. The van der Waals surface area contributed by atoms with Crippen molar-refractivity contribution in [2.75, 3.05) is 11.5 Å².